The maximum Gasteiger partial charge on any atom is 0.224 e. The summed E-state index contributed by atoms with van der Waals surface area (Å²) in [5.74, 6) is -0.00627. The Hall–Kier alpha value is -3.54. The highest BCUT2D eigenvalue weighted by molar-refractivity contribution is 5.91. The molecule has 6 heteroatoms. The fourth-order valence-electron chi connectivity index (χ4n) is 2.76. The van der Waals surface area contributed by atoms with Crippen molar-refractivity contribution in [1.82, 2.24) is 19.8 Å². The zero-order valence-corrected chi connectivity index (χ0v) is 14.0. The van der Waals surface area contributed by atoms with Crippen LogP contribution in [0.5, 0.6) is 0 Å². The highest BCUT2D eigenvalue weighted by Crippen LogP contribution is 2.21. The molecule has 2 aromatic carbocycles. The van der Waals surface area contributed by atoms with Gasteiger partial charge in [0.25, 0.3) is 0 Å². The molecule has 0 spiro atoms. The average Bonchev–Trinajstić information content (AvgIpc) is 3.15. The molecule has 4 aromatic rings. The van der Waals surface area contributed by atoms with Crippen LogP contribution >= 0.6 is 0 Å². The summed E-state index contributed by atoms with van der Waals surface area (Å²) in [5.41, 5.74) is 4.31. The summed E-state index contributed by atoms with van der Waals surface area (Å²) in [6, 6.07) is 21.4. The third-order valence-electron chi connectivity index (χ3n) is 4.09. The van der Waals surface area contributed by atoms with Crippen molar-refractivity contribution in [3.05, 3.63) is 78.6 Å². The van der Waals surface area contributed by atoms with E-state index in [1.165, 1.54) is 0 Å². The number of aryl methyl sites for hydroxylation is 1. The molecule has 0 bridgehead atoms. The number of hydrogen-bond acceptors (Lipinski definition) is 4. The molecule has 0 atom stereocenters. The standard InChI is InChI=1S/C20H17N5O/c26-20(12-9-15-5-2-1-3-6-15)22-17-8-4-7-16(13-17)18-10-11-19-23-21-14-25(19)24-18/h1-8,10-11,13-14H,9,12H2,(H,22,26). The minimum absolute atomic E-state index is 0.00627. The minimum Gasteiger partial charge on any atom is -0.326 e. The monoisotopic (exact) mass is 343 g/mol. The molecule has 0 fully saturated rings. The second-order valence-electron chi connectivity index (χ2n) is 5.97. The normalized spacial score (nSPS) is 10.8. The van der Waals surface area contributed by atoms with Crippen LogP contribution in [0.1, 0.15) is 12.0 Å². The Morgan fingerprint density at radius 1 is 1.00 bits per heavy atom. The van der Waals surface area contributed by atoms with Crippen LogP contribution in [0.25, 0.3) is 16.9 Å². The van der Waals surface area contributed by atoms with Crippen molar-refractivity contribution >= 4 is 17.2 Å². The van der Waals surface area contributed by atoms with Crippen LogP contribution in [-0.2, 0) is 11.2 Å². The number of rotatable bonds is 5. The van der Waals surface area contributed by atoms with Gasteiger partial charge in [0, 0.05) is 17.7 Å². The van der Waals surface area contributed by atoms with Gasteiger partial charge in [-0.25, -0.2) is 0 Å². The van der Waals surface area contributed by atoms with E-state index in [4.69, 9.17) is 0 Å². The first-order valence-electron chi connectivity index (χ1n) is 8.39. The maximum absolute atomic E-state index is 12.2. The van der Waals surface area contributed by atoms with Crippen LogP contribution in [-0.4, -0.2) is 25.7 Å². The SMILES string of the molecule is O=C(CCc1ccccc1)Nc1cccc(-c2ccc3nncn3n2)c1. The lowest BCUT2D eigenvalue weighted by atomic mass is 10.1. The number of nitrogens with zero attached hydrogens (tertiary/aromatic N) is 4. The molecule has 0 aliphatic carbocycles. The molecular formula is C20H17N5O. The van der Waals surface area contributed by atoms with E-state index >= 15 is 0 Å². The van der Waals surface area contributed by atoms with Gasteiger partial charge >= 0.3 is 0 Å². The lowest BCUT2D eigenvalue weighted by Gasteiger charge is -2.08. The molecule has 6 nitrogen and oxygen atoms in total. The van der Waals surface area contributed by atoms with E-state index in [2.05, 4.69) is 20.6 Å². The van der Waals surface area contributed by atoms with Gasteiger partial charge < -0.3 is 5.32 Å². The Kier molecular flexibility index (Phi) is 4.38. The zero-order chi connectivity index (χ0) is 17.8. The number of fused-ring (bicyclic) bond motifs is 1. The summed E-state index contributed by atoms with van der Waals surface area (Å²) < 4.78 is 1.63. The molecule has 1 N–H and O–H groups in total. The number of carbonyl (C=O) groups excluding carboxylic acids is 1. The van der Waals surface area contributed by atoms with Gasteiger partial charge in [-0.05, 0) is 36.2 Å². The summed E-state index contributed by atoms with van der Waals surface area (Å²) in [5, 5.41) is 15.2. The van der Waals surface area contributed by atoms with Gasteiger partial charge in [0.2, 0.25) is 5.91 Å². The van der Waals surface area contributed by atoms with Crippen LogP contribution in [0, 0.1) is 0 Å². The highest BCUT2D eigenvalue weighted by atomic mass is 16.1. The first kappa shape index (κ1) is 16.0. The van der Waals surface area contributed by atoms with E-state index in [0.29, 0.717) is 12.1 Å². The lowest BCUT2D eigenvalue weighted by molar-refractivity contribution is -0.116. The predicted octanol–water partition coefficient (Wildman–Crippen LogP) is 3.36. The van der Waals surface area contributed by atoms with Crippen molar-refractivity contribution in [2.24, 2.45) is 0 Å². The van der Waals surface area contributed by atoms with Crippen molar-refractivity contribution in [2.75, 3.05) is 5.32 Å². The van der Waals surface area contributed by atoms with Gasteiger partial charge in [0.05, 0.1) is 5.69 Å². The molecule has 26 heavy (non-hydrogen) atoms. The Labute approximate surface area is 150 Å². The van der Waals surface area contributed by atoms with Crippen LogP contribution in [0.15, 0.2) is 73.1 Å². The van der Waals surface area contributed by atoms with Gasteiger partial charge in [0.1, 0.15) is 6.33 Å². The van der Waals surface area contributed by atoms with E-state index in [9.17, 15) is 4.79 Å². The van der Waals surface area contributed by atoms with E-state index in [0.717, 1.165) is 28.9 Å². The molecule has 0 radical (unpaired) electrons. The Morgan fingerprint density at radius 2 is 1.88 bits per heavy atom. The zero-order valence-electron chi connectivity index (χ0n) is 14.0. The number of hydrogen-bond donors (Lipinski definition) is 1. The number of nitrogens with one attached hydrogen (secondary N) is 1. The molecule has 128 valence electrons. The summed E-state index contributed by atoms with van der Waals surface area (Å²) in [6.45, 7) is 0. The fourth-order valence-corrected chi connectivity index (χ4v) is 2.76. The second-order valence-corrected chi connectivity index (χ2v) is 5.97. The lowest BCUT2D eigenvalue weighted by Crippen LogP contribution is -2.12. The van der Waals surface area contributed by atoms with Gasteiger partial charge in [0.15, 0.2) is 5.65 Å². The number of amides is 1. The van der Waals surface area contributed by atoms with Crippen LogP contribution < -0.4 is 5.32 Å². The quantitative estimate of drug-likeness (QED) is 0.603. The summed E-state index contributed by atoms with van der Waals surface area (Å²) in [7, 11) is 0. The first-order valence-corrected chi connectivity index (χ1v) is 8.39. The molecule has 4 rings (SSSR count). The van der Waals surface area contributed by atoms with Crippen LogP contribution in [0.2, 0.25) is 0 Å². The van der Waals surface area contributed by atoms with Crippen molar-refractivity contribution in [3.8, 4) is 11.3 Å². The molecule has 0 saturated carbocycles. The Bertz CT molecular complexity index is 1040. The summed E-state index contributed by atoms with van der Waals surface area (Å²) >= 11 is 0. The first-order chi connectivity index (χ1) is 12.8. The van der Waals surface area contributed by atoms with Crippen molar-refractivity contribution < 1.29 is 4.79 Å². The Morgan fingerprint density at radius 3 is 2.77 bits per heavy atom. The largest absolute Gasteiger partial charge is 0.326 e. The van der Waals surface area contributed by atoms with Gasteiger partial charge in [-0.1, -0.05) is 42.5 Å². The van der Waals surface area contributed by atoms with E-state index in [-0.39, 0.29) is 5.91 Å². The summed E-state index contributed by atoms with van der Waals surface area (Å²) in [6.07, 6.45) is 2.73. The van der Waals surface area contributed by atoms with Crippen molar-refractivity contribution in [3.63, 3.8) is 0 Å². The molecule has 0 saturated heterocycles. The average molecular weight is 343 g/mol. The van der Waals surface area contributed by atoms with Crippen molar-refractivity contribution in [2.45, 2.75) is 12.8 Å². The number of benzene rings is 2. The molecule has 2 heterocycles. The smallest absolute Gasteiger partial charge is 0.224 e. The van der Waals surface area contributed by atoms with Gasteiger partial charge in [-0.2, -0.15) is 9.61 Å². The van der Waals surface area contributed by atoms with E-state index in [1.807, 2.05) is 66.7 Å². The third-order valence-corrected chi connectivity index (χ3v) is 4.09. The van der Waals surface area contributed by atoms with Gasteiger partial charge in [-0.15, -0.1) is 10.2 Å². The molecule has 0 aliphatic heterocycles. The third kappa shape index (κ3) is 3.59. The van der Waals surface area contributed by atoms with Gasteiger partial charge in [-0.3, -0.25) is 4.79 Å². The second kappa shape index (κ2) is 7.14. The van der Waals surface area contributed by atoms with E-state index in [1.54, 1.807) is 10.8 Å². The van der Waals surface area contributed by atoms with E-state index < -0.39 is 0 Å². The topological polar surface area (TPSA) is 72.2 Å². The molecule has 0 aliphatic rings. The molecular weight excluding hydrogens is 326 g/mol. The van der Waals surface area contributed by atoms with Crippen LogP contribution in [0.3, 0.4) is 0 Å². The summed E-state index contributed by atoms with van der Waals surface area (Å²) in [4.78, 5) is 12.2. The highest BCUT2D eigenvalue weighted by Gasteiger charge is 2.06. The Balaban J connectivity index is 1.46. The number of anilines is 1. The fraction of sp³-hybridized carbons (Fsp3) is 0.100. The number of carbonyl (C=O) groups is 1. The molecule has 2 aromatic heterocycles. The molecule has 0 unspecified atom stereocenters. The predicted molar refractivity (Wildman–Crippen MR) is 99.6 cm³/mol. The van der Waals surface area contributed by atoms with Crippen molar-refractivity contribution in [1.29, 1.82) is 0 Å². The van der Waals surface area contributed by atoms with Crippen LogP contribution in [0.4, 0.5) is 5.69 Å². The maximum atomic E-state index is 12.2. The number of aromatic nitrogens is 4. The minimum atomic E-state index is -0.00627. The molecule has 1 amide bonds.